The number of hydrogen-bond acceptors (Lipinski definition) is 4. The first-order valence-corrected chi connectivity index (χ1v) is 11.5. The van der Waals surface area contributed by atoms with Crippen LogP contribution in [-0.4, -0.2) is 36.0 Å². The third-order valence-electron chi connectivity index (χ3n) is 6.40. The number of benzene rings is 2. The highest BCUT2D eigenvalue weighted by Crippen LogP contribution is 2.33. The van der Waals surface area contributed by atoms with Crippen LogP contribution in [0.15, 0.2) is 80.9 Å². The van der Waals surface area contributed by atoms with Gasteiger partial charge in [0.2, 0.25) is 0 Å². The molecule has 0 radical (unpaired) electrons. The highest BCUT2D eigenvalue weighted by molar-refractivity contribution is 7.99. The van der Waals surface area contributed by atoms with Crippen LogP contribution >= 0.6 is 11.8 Å². The fourth-order valence-electron chi connectivity index (χ4n) is 4.72. The lowest BCUT2D eigenvalue weighted by Gasteiger charge is -2.49. The Labute approximate surface area is 181 Å². The summed E-state index contributed by atoms with van der Waals surface area (Å²) in [7, 11) is 0. The van der Waals surface area contributed by atoms with E-state index in [1.54, 1.807) is 17.8 Å². The van der Waals surface area contributed by atoms with Crippen molar-refractivity contribution in [2.24, 2.45) is 5.92 Å². The SMILES string of the molecule is C[C@@H]1[C@H](NC(=O)c2ccc(-c3cccc(Sc4ccccc4)c3)o2)C2CCN1CC2. The first-order valence-electron chi connectivity index (χ1n) is 10.7. The molecule has 0 unspecified atom stereocenters. The van der Waals surface area contributed by atoms with Crippen molar-refractivity contribution in [1.29, 1.82) is 0 Å². The van der Waals surface area contributed by atoms with E-state index in [2.05, 4.69) is 41.4 Å². The average Bonchev–Trinajstić information content (AvgIpc) is 3.28. The van der Waals surface area contributed by atoms with Gasteiger partial charge in [0.25, 0.3) is 5.91 Å². The van der Waals surface area contributed by atoms with Gasteiger partial charge in [0, 0.05) is 27.4 Å². The second-order valence-electron chi connectivity index (χ2n) is 8.22. The van der Waals surface area contributed by atoms with E-state index in [1.165, 1.54) is 17.7 Å². The molecule has 2 atom stereocenters. The second-order valence-corrected chi connectivity index (χ2v) is 9.37. The van der Waals surface area contributed by atoms with Gasteiger partial charge in [0.15, 0.2) is 5.76 Å². The molecule has 154 valence electrons. The van der Waals surface area contributed by atoms with Gasteiger partial charge in [-0.2, -0.15) is 0 Å². The van der Waals surface area contributed by atoms with Crippen LogP contribution in [0, 0.1) is 5.92 Å². The normalized spacial score (nSPS) is 25.2. The number of carbonyl (C=O) groups is 1. The molecule has 1 amide bonds. The first-order chi connectivity index (χ1) is 14.7. The minimum atomic E-state index is -0.110. The molecule has 3 aliphatic heterocycles. The lowest BCUT2D eigenvalue weighted by molar-refractivity contribution is 0.0211. The summed E-state index contributed by atoms with van der Waals surface area (Å²) in [6.07, 6.45) is 2.34. The van der Waals surface area contributed by atoms with Crippen molar-refractivity contribution in [1.82, 2.24) is 10.2 Å². The maximum Gasteiger partial charge on any atom is 0.287 e. The topological polar surface area (TPSA) is 45.5 Å². The van der Waals surface area contributed by atoms with Crippen LogP contribution in [-0.2, 0) is 0 Å². The van der Waals surface area contributed by atoms with E-state index in [0.717, 1.165) is 29.3 Å². The molecule has 4 heterocycles. The van der Waals surface area contributed by atoms with E-state index in [4.69, 9.17) is 4.42 Å². The molecule has 2 aromatic carbocycles. The zero-order valence-electron chi connectivity index (χ0n) is 17.1. The van der Waals surface area contributed by atoms with Crippen molar-refractivity contribution in [3.05, 3.63) is 72.5 Å². The van der Waals surface area contributed by atoms with Crippen LogP contribution in [0.2, 0.25) is 0 Å². The van der Waals surface area contributed by atoms with Crippen LogP contribution < -0.4 is 5.32 Å². The third-order valence-corrected chi connectivity index (χ3v) is 7.40. The Hall–Kier alpha value is -2.50. The Bertz CT molecular complexity index is 1020. The monoisotopic (exact) mass is 418 g/mol. The van der Waals surface area contributed by atoms with Gasteiger partial charge >= 0.3 is 0 Å². The molecule has 4 nitrogen and oxygen atoms in total. The van der Waals surface area contributed by atoms with Crippen LogP contribution in [0.3, 0.4) is 0 Å². The Morgan fingerprint density at radius 3 is 2.53 bits per heavy atom. The van der Waals surface area contributed by atoms with Crippen molar-refractivity contribution >= 4 is 17.7 Å². The molecule has 3 saturated heterocycles. The maximum atomic E-state index is 12.9. The standard InChI is InChI=1S/C25H26N2O2S/c1-17-24(18-12-14-27(17)15-13-18)26-25(28)23-11-10-22(29-23)19-6-5-9-21(16-19)30-20-7-3-2-4-8-20/h2-11,16-18,24H,12-15H2,1H3,(H,26,28)/t17-,24+/m1/s1. The number of nitrogens with one attached hydrogen (secondary N) is 1. The number of amides is 1. The molecule has 30 heavy (non-hydrogen) atoms. The quantitative estimate of drug-likeness (QED) is 0.610. The van der Waals surface area contributed by atoms with Gasteiger partial charge in [0.1, 0.15) is 5.76 Å². The number of carbonyl (C=O) groups excluding carboxylic acids is 1. The molecule has 0 saturated carbocycles. The summed E-state index contributed by atoms with van der Waals surface area (Å²) >= 11 is 1.71. The van der Waals surface area contributed by atoms with Crippen LogP contribution in [0.1, 0.15) is 30.3 Å². The lowest BCUT2D eigenvalue weighted by atomic mass is 9.79. The number of fused-ring (bicyclic) bond motifs is 3. The van der Waals surface area contributed by atoms with Crippen molar-refractivity contribution in [3.63, 3.8) is 0 Å². The molecule has 3 fully saturated rings. The Balaban J connectivity index is 1.29. The predicted octanol–water partition coefficient (Wildman–Crippen LogP) is 5.31. The smallest absolute Gasteiger partial charge is 0.287 e. The highest BCUT2D eigenvalue weighted by atomic mass is 32.2. The summed E-state index contributed by atoms with van der Waals surface area (Å²) in [5, 5.41) is 3.25. The predicted molar refractivity (Wildman–Crippen MR) is 120 cm³/mol. The summed E-state index contributed by atoms with van der Waals surface area (Å²) in [4.78, 5) is 17.7. The minimum absolute atomic E-state index is 0.110. The molecule has 0 spiro atoms. The van der Waals surface area contributed by atoms with E-state index >= 15 is 0 Å². The van der Waals surface area contributed by atoms with Crippen molar-refractivity contribution in [2.75, 3.05) is 13.1 Å². The van der Waals surface area contributed by atoms with E-state index in [1.807, 2.05) is 36.4 Å². The summed E-state index contributed by atoms with van der Waals surface area (Å²) < 4.78 is 5.96. The van der Waals surface area contributed by atoms with Gasteiger partial charge in [-0.3, -0.25) is 9.69 Å². The van der Waals surface area contributed by atoms with Crippen molar-refractivity contribution in [2.45, 2.75) is 41.6 Å². The summed E-state index contributed by atoms with van der Waals surface area (Å²) in [5.74, 6) is 1.57. The van der Waals surface area contributed by atoms with Crippen LogP contribution in [0.4, 0.5) is 0 Å². The Morgan fingerprint density at radius 2 is 1.77 bits per heavy atom. The number of nitrogens with zero attached hydrogens (tertiary/aromatic N) is 1. The summed E-state index contributed by atoms with van der Waals surface area (Å²) in [6.45, 7) is 4.53. The van der Waals surface area contributed by atoms with E-state index in [-0.39, 0.29) is 11.9 Å². The number of piperidine rings is 3. The molecule has 3 aliphatic rings. The fraction of sp³-hybridized carbons (Fsp3) is 0.320. The van der Waals surface area contributed by atoms with Gasteiger partial charge in [0.05, 0.1) is 0 Å². The molecular weight excluding hydrogens is 392 g/mol. The van der Waals surface area contributed by atoms with Gasteiger partial charge in [-0.25, -0.2) is 0 Å². The Morgan fingerprint density at radius 1 is 1.00 bits per heavy atom. The molecule has 1 N–H and O–H groups in total. The molecule has 1 aromatic heterocycles. The minimum Gasteiger partial charge on any atom is -0.451 e. The lowest BCUT2D eigenvalue weighted by Crippen LogP contribution is -2.62. The summed E-state index contributed by atoms with van der Waals surface area (Å²) in [5.41, 5.74) is 0.978. The molecule has 2 bridgehead atoms. The maximum absolute atomic E-state index is 12.9. The van der Waals surface area contributed by atoms with E-state index < -0.39 is 0 Å². The zero-order valence-corrected chi connectivity index (χ0v) is 17.9. The van der Waals surface area contributed by atoms with Gasteiger partial charge in [-0.1, -0.05) is 42.1 Å². The van der Waals surface area contributed by atoms with E-state index in [0.29, 0.717) is 17.7 Å². The van der Waals surface area contributed by atoms with Gasteiger partial charge < -0.3 is 9.73 Å². The molecular formula is C25H26N2O2S. The zero-order chi connectivity index (χ0) is 20.5. The molecule has 0 aliphatic carbocycles. The van der Waals surface area contributed by atoms with Crippen LogP contribution in [0.25, 0.3) is 11.3 Å². The molecule has 6 rings (SSSR count). The van der Waals surface area contributed by atoms with Crippen molar-refractivity contribution < 1.29 is 9.21 Å². The van der Waals surface area contributed by atoms with E-state index in [9.17, 15) is 4.79 Å². The van der Waals surface area contributed by atoms with Crippen LogP contribution in [0.5, 0.6) is 0 Å². The third kappa shape index (κ3) is 3.92. The number of hydrogen-bond donors (Lipinski definition) is 1. The highest BCUT2D eigenvalue weighted by Gasteiger charge is 2.40. The largest absolute Gasteiger partial charge is 0.451 e. The van der Waals surface area contributed by atoms with Gasteiger partial charge in [-0.05, 0) is 75.2 Å². The average molecular weight is 419 g/mol. The first kappa shape index (κ1) is 19.5. The number of furan rings is 1. The van der Waals surface area contributed by atoms with Crippen molar-refractivity contribution in [3.8, 4) is 11.3 Å². The fourth-order valence-corrected chi connectivity index (χ4v) is 5.62. The summed E-state index contributed by atoms with van der Waals surface area (Å²) in [6, 6.07) is 22.8. The van der Waals surface area contributed by atoms with Gasteiger partial charge in [-0.15, -0.1) is 0 Å². The second kappa shape index (κ2) is 8.32. The molecule has 5 heteroatoms. The number of rotatable bonds is 5. The molecule has 3 aromatic rings. The Kier molecular flexibility index (Phi) is 5.40.